The number of H-pyrrole nitrogens is 1. The minimum Gasteiger partial charge on any atom is -0.358 e. The maximum Gasteiger partial charge on any atom is 0.261 e. The number of hydrogen-bond acceptors (Lipinski definition) is 3. The maximum absolute atomic E-state index is 13.9. The number of aryl methyl sites for hydroxylation is 2. The van der Waals surface area contributed by atoms with Gasteiger partial charge in [0.15, 0.2) is 0 Å². The van der Waals surface area contributed by atoms with Gasteiger partial charge >= 0.3 is 0 Å². The molecule has 0 radical (unpaired) electrons. The molecule has 2 heterocycles. The third-order valence-corrected chi connectivity index (χ3v) is 4.69. The van der Waals surface area contributed by atoms with Crippen molar-refractivity contribution in [2.45, 2.75) is 19.3 Å². The van der Waals surface area contributed by atoms with Crippen molar-refractivity contribution in [3.63, 3.8) is 0 Å². The Morgan fingerprint density at radius 1 is 1.04 bits per heavy atom. The molecule has 0 bridgehead atoms. The van der Waals surface area contributed by atoms with Gasteiger partial charge in [-0.1, -0.05) is 5.16 Å². The second-order valence-corrected chi connectivity index (χ2v) is 6.24. The zero-order chi connectivity index (χ0) is 17.0. The molecule has 0 amide bonds. The van der Waals surface area contributed by atoms with E-state index in [0.29, 0.717) is 5.82 Å². The molecule has 0 fully saturated rings. The van der Waals surface area contributed by atoms with Crippen molar-refractivity contribution in [3.8, 4) is 22.8 Å². The van der Waals surface area contributed by atoms with Gasteiger partial charge in [-0.25, -0.2) is 8.78 Å². The van der Waals surface area contributed by atoms with Crippen molar-refractivity contribution in [1.82, 2.24) is 15.1 Å². The second kappa shape index (κ2) is 5.24. The van der Waals surface area contributed by atoms with Gasteiger partial charge in [-0.3, -0.25) is 0 Å². The highest BCUT2D eigenvalue weighted by molar-refractivity contribution is 5.88. The van der Waals surface area contributed by atoms with Gasteiger partial charge in [0.05, 0.1) is 5.56 Å². The van der Waals surface area contributed by atoms with Crippen LogP contribution in [-0.2, 0) is 12.8 Å². The Bertz CT molecular complexity index is 1110. The molecule has 5 rings (SSSR count). The summed E-state index contributed by atoms with van der Waals surface area (Å²) in [5.41, 5.74) is 4.64. The summed E-state index contributed by atoms with van der Waals surface area (Å²) in [6, 6.07) is 9.20. The van der Waals surface area contributed by atoms with Gasteiger partial charge in [-0.05, 0) is 55.2 Å². The van der Waals surface area contributed by atoms with Crippen LogP contribution >= 0.6 is 0 Å². The van der Waals surface area contributed by atoms with Crippen LogP contribution in [0.1, 0.15) is 17.7 Å². The summed E-state index contributed by atoms with van der Waals surface area (Å²) in [4.78, 5) is 7.72. The van der Waals surface area contributed by atoms with Gasteiger partial charge in [-0.15, -0.1) is 0 Å². The SMILES string of the molecule is Fc1ccc(-c2nc(-c3ccc4[nH]c5c(c4c3)CCC5)no2)c(F)c1. The van der Waals surface area contributed by atoms with Crippen LogP contribution in [0, 0.1) is 11.6 Å². The average Bonchev–Trinajstić information content (AvgIpc) is 3.30. The van der Waals surface area contributed by atoms with E-state index in [2.05, 4.69) is 15.1 Å². The van der Waals surface area contributed by atoms with E-state index in [4.69, 9.17) is 4.52 Å². The molecule has 1 N–H and O–H groups in total. The first kappa shape index (κ1) is 14.3. The van der Waals surface area contributed by atoms with Crippen LogP contribution < -0.4 is 0 Å². The zero-order valence-electron chi connectivity index (χ0n) is 13.1. The van der Waals surface area contributed by atoms with Crippen molar-refractivity contribution in [3.05, 3.63) is 59.3 Å². The highest BCUT2D eigenvalue weighted by Crippen LogP contribution is 2.33. The Kier molecular flexibility index (Phi) is 3.00. The summed E-state index contributed by atoms with van der Waals surface area (Å²) in [5.74, 6) is -0.956. The summed E-state index contributed by atoms with van der Waals surface area (Å²) >= 11 is 0. The van der Waals surface area contributed by atoms with E-state index in [1.54, 1.807) is 0 Å². The smallest absolute Gasteiger partial charge is 0.261 e. The fourth-order valence-corrected chi connectivity index (χ4v) is 3.50. The normalized spacial score (nSPS) is 13.5. The molecule has 1 aliphatic carbocycles. The molecule has 0 atom stereocenters. The van der Waals surface area contributed by atoms with E-state index < -0.39 is 11.6 Å². The van der Waals surface area contributed by atoms with Crippen molar-refractivity contribution in [2.24, 2.45) is 0 Å². The molecule has 4 nitrogen and oxygen atoms in total. The lowest BCUT2D eigenvalue weighted by molar-refractivity contribution is 0.429. The van der Waals surface area contributed by atoms with E-state index in [1.807, 2.05) is 18.2 Å². The number of rotatable bonds is 2. The molecule has 2 aromatic carbocycles. The molecule has 0 unspecified atom stereocenters. The van der Waals surface area contributed by atoms with E-state index in [0.717, 1.165) is 42.5 Å². The first-order chi connectivity index (χ1) is 12.2. The summed E-state index contributed by atoms with van der Waals surface area (Å²) < 4.78 is 32.1. The van der Waals surface area contributed by atoms with Crippen LogP contribution in [0.4, 0.5) is 8.78 Å². The molecule has 25 heavy (non-hydrogen) atoms. The fourth-order valence-electron chi connectivity index (χ4n) is 3.50. The Morgan fingerprint density at radius 2 is 1.96 bits per heavy atom. The first-order valence-electron chi connectivity index (χ1n) is 8.12. The number of aromatic amines is 1. The molecule has 0 spiro atoms. The van der Waals surface area contributed by atoms with E-state index in [9.17, 15) is 8.78 Å². The van der Waals surface area contributed by atoms with Gasteiger partial charge in [-0.2, -0.15) is 4.98 Å². The Balaban J connectivity index is 1.58. The van der Waals surface area contributed by atoms with Crippen LogP contribution in [-0.4, -0.2) is 15.1 Å². The second-order valence-electron chi connectivity index (χ2n) is 6.24. The molecule has 124 valence electrons. The Hall–Kier alpha value is -3.02. The number of halogens is 2. The van der Waals surface area contributed by atoms with Gasteiger partial charge in [0.25, 0.3) is 5.89 Å². The van der Waals surface area contributed by atoms with Crippen LogP contribution in [0.3, 0.4) is 0 Å². The van der Waals surface area contributed by atoms with Gasteiger partial charge in [0.2, 0.25) is 5.82 Å². The lowest BCUT2D eigenvalue weighted by Crippen LogP contribution is -1.87. The predicted octanol–water partition coefficient (Wildman–Crippen LogP) is 4.65. The number of nitrogens with zero attached hydrogens (tertiary/aromatic N) is 2. The van der Waals surface area contributed by atoms with Crippen molar-refractivity contribution in [1.29, 1.82) is 0 Å². The molecular weight excluding hydrogens is 324 g/mol. The Labute approximate surface area is 141 Å². The largest absolute Gasteiger partial charge is 0.358 e. The summed E-state index contributed by atoms with van der Waals surface area (Å²) in [5, 5.41) is 5.13. The van der Waals surface area contributed by atoms with E-state index in [1.165, 1.54) is 22.7 Å². The monoisotopic (exact) mass is 337 g/mol. The quantitative estimate of drug-likeness (QED) is 0.579. The maximum atomic E-state index is 13.9. The fraction of sp³-hybridized carbons (Fsp3) is 0.158. The first-order valence-corrected chi connectivity index (χ1v) is 8.12. The van der Waals surface area contributed by atoms with E-state index >= 15 is 0 Å². The number of fused-ring (bicyclic) bond motifs is 3. The summed E-state index contributed by atoms with van der Waals surface area (Å²) in [7, 11) is 0. The number of nitrogens with one attached hydrogen (secondary N) is 1. The van der Waals surface area contributed by atoms with Gasteiger partial charge in [0, 0.05) is 28.2 Å². The highest BCUT2D eigenvalue weighted by atomic mass is 19.1. The van der Waals surface area contributed by atoms with Crippen molar-refractivity contribution in [2.75, 3.05) is 0 Å². The third-order valence-electron chi connectivity index (χ3n) is 4.69. The number of aromatic nitrogens is 3. The highest BCUT2D eigenvalue weighted by Gasteiger charge is 2.19. The molecule has 0 saturated heterocycles. The van der Waals surface area contributed by atoms with Crippen LogP contribution in [0.25, 0.3) is 33.7 Å². The molecule has 2 aromatic heterocycles. The minimum atomic E-state index is -0.728. The standard InChI is InChI=1S/C19H13F2N3O/c20-11-5-6-13(15(21)9-11)19-23-18(24-25-19)10-4-7-17-14(8-10)12-2-1-3-16(12)22-17/h4-9,22H,1-3H2. The van der Waals surface area contributed by atoms with Crippen LogP contribution in [0.2, 0.25) is 0 Å². The Morgan fingerprint density at radius 3 is 2.84 bits per heavy atom. The summed E-state index contributed by atoms with van der Waals surface area (Å²) in [6.45, 7) is 0. The molecule has 6 heteroatoms. The average molecular weight is 337 g/mol. The van der Waals surface area contributed by atoms with E-state index in [-0.39, 0.29) is 11.5 Å². The van der Waals surface area contributed by atoms with Gasteiger partial charge in [0.1, 0.15) is 11.6 Å². The van der Waals surface area contributed by atoms with Crippen molar-refractivity contribution >= 4 is 10.9 Å². The number of benzene rings is 2. The topological polar surface area (TPSA) is 54.7 Å². The zero-order valence-corrected chi connectivity index (χ0v) is 13.1. The predicted molar refractivity (Wildman–Crippen MR) is 89.0 cm³/mol. The third kappa shape index (κ3) is 2.25. The van der Waals surface area contributed by atoms with Crippen molar-refractivity contribution < 1.29 is 13.3 Å². The number of hydrogen-bond donors (Lipinski definition) is 1. The summed E-state index contributed by atoms with van der Waals surface area (Å²) in [6.07, 6.45) is 3.31. The lowest BCUT2D eigenvalue weighted by atomic mass is 10.1. The minimum absolute atomic E-state index is 0.0342. The molecular formula is C19H13F2N3O. The molecule has 0 saturated carbocycles. The van der Waals surface area contributed by atoms with Gasteiger partial charge < -0.3 is 9.51 Å². The lowest BCUT2D eigenvalue weighted by Gasteiger charge is -1.98. The van der Waals surface area contributed by atoms with Crippen LogP contribution in [0.5, 0.6) is 0 Å². The molecule has 4 aromatic rings. The molecule has 0 aliphatic heterocycles. The van der Waals surface area contributed by atoms with Crippen LogP contribution in [0.15, 0.2) is 40.9 Å². The molecule has 1 aliphatic rings.